The molecule has 0 heterocycles. The van der Waals surface area contributed by atoms with Crippen LogP contribution in [0.25, 0.3) is 0 Å². The summed E-state index contributed by atoms with van der Waals surface area (Å²) in [6, 6.07) is 9.86. The van der Waals surface area contributed by atoms with Gasteiger partial charge in [-0.3, -0.25) is 4.72 Å². The SMILES string of the molecule is CC(C)(C)c1ccc(CN/C(=N\C#N)NCc2c(F)ccc(NS(C)(=O)=O)c2F)cc1. The quantitative estimate of drug-likeness (QED) is 0.356. The lowest BCUT2D eigenvalue weighted by molar-refractivity contribution is 0.552. The Bertz CT molecular complexity index is 1100. The third-order valence-corrected chi connectivity index (χ3v) is 4.95. The standard InChI is InChI=1S/C21H25F2N5O2S/c1-21(2,3)15-7-5-14(6-8-15)11-25-20(27-13-24)26-12-16-17(22)9-10-18(19(16)23)28-31(4,29)30/h5-10,28H,11-12H2,1-4H3,(H2,25,26,27). The second-order valence-electron chi connectivity index (χ2n) is 7.98. The number of sulfonamides is 1. The molecule has 0 bridgehead atoms. The lowest BCUT2D eigenvalue weighted by Crippen LogP contribution is -2.36. The van der Waals surface area contributed by atoms with Gasteiger partial charge < -0.3 is 10.6 Å². The van der Waals surface area contributed by atoms with Crippen LogP contribution in [0.2, 0.25) is 0 Å². The second kappa shape index (κ2) is 9.75. The smallest absolute Gasteiger partial charge is 0.229 e. The van der Waals surface area contributed by atoms with E-state index in [1.807, 2.05) is 29.0 Å². The van der Waals surface area contributed by atoms with Gasteiger partial charge in [-0.05, 0) is 28.7 Å². The highest BCUT2D eigenvalue weighted by molar-refractivity contribution is 7.92. The molecule has 0 unspecified atom stereocenters. The predicted molar refractivity (Wildman–Crippen MR) is 117 cm³/mol. The van der Waals surface area contributed by atoms with Crippen molar-refractivity contribution < 1.29 is 17.2 Å². The zero-order valence-electron chi connectivity index (χ0n) is 17.8. The van der Waals surface area contributed by atoms with Gasteiger partial charge in [0, 0.05) is 18.7 Å². The molecule has 166 valence electrons. The van der Waals surface area contributed by atoms with Crippen LogP contribution in [0.3, 0.4) is 0 Å². The number of halogens is 2. The summed E-state index contributed by atoms with van der Waals surface area (Å²) in [5, 5.41) is 14.5. The zero-order chi connectivity index (χ0) is 23.2. The Labute approximate surface area is 181 Å². The van der Waals surface area contributed by atoms with Gasteiger partial charge in [-0.1, -0.05) is 45.0 Å². The molecule has 7 nitrogen and oxygen atoms in total. The first-order valence-corrected chi connectivity index (χ1v) is 11.3. The molecule has 3 N–H and O–H groups in total. The monoisotopic (exact) mass is 449 g/mol. The van der Waals surface area contributed by atoms with Crippen LogP contribution in [0.1, 0.15) is 37.5 Å². The molecule has 0 saturated carbocycles. The maximum absolute atomic E-state index is 14.6. The molecule has 10 heteroatoms. The highest BCUT2D eigenvalue weighted by Crippen LogP contribution is 2.23. The molecule has 2 rings (SSSR count). The molecule has 0 aromatic heterocycles. The van der Waals surface area contributed by atoms with Crippen LogP contribution in [0.4, 0.5) is 14.5 Å². The Morgan fingerprint density at radius 2 is 1.68 bits per heavy atom. The highest BCUT2D eigenvalue weighted by atomic mass is 32.2. The molecular weight excluding hydrogens is 424 g/mol. The van der Waals surface area contributed by atoms with Crippen LogP contribution in [-0.4, -0.2) is 20.6 Å². The van der Waals surface area contributed by atoms with Crippen molar-refractivity contribution in [1.29, 1.82) is 5.26 Å². The summed E-state index contributed by atoms with van der Waals surface area (Å²) in [5.74, 6) is -1.88. The summed E-state index contributed by atoms with van der Waals surface area (Å²) in [6.07, 6.45) is 2.49. The van der Waals surface area contributed by atoms with Crippen molar-refractivity contribution in [3.63, 3.8) is 0 Å². The number of benzene rings is 2. The van der Waals surface area contributed by atoms with Crippen LogP contribution >= 0.6 is 0 Å². The second-order valence-corrected chi connectivity index (χ2v) is 9.72. The molecule has 31 heavy (non-hydrogen) atoms. The van der Waals surface area contributed by atoms with E-state index in [1.54, 1.807) is 6.19 Å². The van der Waals surface area contributed by atoms with Crippen molar-refractivity contribution in [2.75, 3.05) is 11.0 Å². The summed E-state index contributed by atoms with van der Waals surface area (Å²) in [7, 11) is -3.73. The van der Waals surface area contributed by atoms with E-state index in [0.717, 1.165) is 24.0 Å². The number of hydrogen-bond acceptors (Lipinski definition) is 4. The summed E-state index contributed by atoms with van der Waals surface area (Å²) >= 11 is 0. The number of nitrogens with one attached hydrogen (secondary N) is 3. The maximum Gasteiger partial charge on any atom is 0.229 e. The molecule has 2 aromatic rings. The summed E-state index contributed by atoms with van der Waals surface area (Å²) in [5.41, 5.74) is 1.36. The van der Waals surface area contributed by atoms with Gasteiger partial charge in [0.05, 0.1) is 11.9 Å². The zero-order valence-corrected chi connectivity index (χ0v) is 18.6. The van der Waals surface area contributed by atoms with Crippen molar-refractivity contribution in [2.24, 2.45) is 4.99 Å². The van der Waals surface area contributed by atoms with Crippen LogP contribution in [-0.2, 0) is 28.5 Å². The fourth-order valence-corrected chi connectivity index (χ4v) is 3.27. The van der Waals surface area contributed by atoms with E-state index in [1.165, 1.54) is 5.56 Å². The third kappa shape index (κ3) is 7.22. The van der Waals surface area contributed by atoms with Crippen LogP contribution in [0.5, 0.6) is 0 Å². The molecule has 0 amide bonds. The Balaban J connectivity index is 2.09. The minimum Gasteiger partial charge on any atom is -0.351 e. The first-order chi connectivity index (χ1) is 14.4. The first-order valence-electron chi connectivity index (χ1n) is 9.39. The lowest BCUT2D eigenvalue weighted by Gasteiger charge is -2.19. The van der Waals surface area contributed by atoms with Gasteiger partial charge in [-0.25, -0.2) is 17.2 Å². The van der Waals surface area contributed by atoms with Crippen LogP contribution in [0, 0.1) is 23.1 Å². The number of rotatable bonds is 6. The molecule has 0 aliphatic rings. The number of nitrogens with zero attached hydrogens (tertiary/aromatic N) is 2. The summed E-state index contributed by atoms with van der Waals surface area (Å²) < 4.78 is 53.3. The van der Waals surface area contributed by atoms with E-state index in [9.17, 15) is 17.2 Å². The van der Waals surface area contributed by atoms with Crippen molar-refractivity contribution in [2.45, 2.75) is 39.3 Å². The van der Waals surface area contributed by atoms with Crippen molar-refractivity contribution >= 4 is 21.7 Å². The fourth-order valence-electron chi connectivity index (χ4n) is 2.71. The molecule has 0 radical (unpaired) electrons. The van der Waals surface area contributed by atoms with Crippen molar-refractivity contribution in [1.82, 2.24) is 10.6 Å². The summed E-state index contributed by atoms with van der Waals surface area (Å²) in [6.45, 7) is 6.31. The number of hydrogen-bond donors (Lipinski definition) is 3. The minimum atomic E-state index is -3.73. The number of nitriles is 1. The average Bonchev–Trinajstić information content (AvgIpc) is 2.67. The van der Waals surface area contributed by atoms with Gasteiger partial charge in [0.15, 0.2) is 5.82 Å². The lowest BCUT2D eigenvalue weighted by atomic mass is 9.87. The molecule has 2 aromatic carbocycles. The molecule has 0 aliphatic heterocycles. The van der Waals surface area contributed by atoms with E-state index in [2.05, 4.69) is 36.4 Å². The normalized spacial score (nSPS) is 12.2. The largest absolute Gasteiger partial charge is 0.351 e. The fraction of sp³-hybridized carbons (Fsp3) is 0.333. The van der Waals surface area contributed by atoms with Crippen molar-refractivity contribution in [3.8, 4) is 6.19 Å². The van der Waals surface area contributed by atoms with E-state index in [4.69, 9.17) is 5.26 Å². The average molecular weight is 450 g/mol. The van der Waals surface area contributed by atoms with E-state index >= 15 is 0 Å². The maximum atomic E-state index is 14.6. The predicted octanol–water partition coefficient (Wildman–Crippen LogP) is 3.35. The van der Waals surface area contributed by atoms with Gasteiger partial charge in [0.25, 0.3) is 0 Å². The highest BCUT2D eigenvalue weighted by Gasteiger charge is 2.17. The van der Waals surface area contributed by atoms with Gasteiger partial charge in [-0.2, -0.15) is 5.26 Å². The van der Waals surface area contributed by atoms with E-state index < -0.39 is 27.2 Å². The van der Waals surface area contributed by atoms with Gasteiger partial charge in [0.2, 0.25) is 22.2 Å². The Hall–Kier alpha value is -3.19. The molecule has 0 spiro atoms. The Morgan fingerprint density at radius 3 is 2.23 bits per heavy atom. The molecule has 0 fully saturated rings. The third-order valence-electron chi connectivity index (χ3n) is 4.36. The first kappa shape index (κ1) is 24.1. The summed E-state index contributed by atoms with van der Waals surface area (Å²) in [4.78, 5) is 3.60. The van der Waals surface area contributed by atoms with E-state index in [-0.39, 0.29) is 23.6 Å². The molecular formula is C21H25F2N5O2S. The van der Waals surface area contributed by atoms with Gasteiger partial charge >= 0.3 is 0 Å². The Morgan fingerprint density at radius 1 is 1.06 bits per heavy atom. The number of aliphatic imine (C=N–C) groups is 1. The Kier molecular flexibility index (Phi) is 7.57. The van der Waals surface area contributed by atoms with Gasteiger partial charge in [-0.15, -0.1) is 4.99 Å². The molecule has 0 atom stereocenters. The van der Waals surface area contributed by atoms with Crippen LogP contribution in [0.15, 0.2) is 41.4 Å². The topological polar surface area (TPSA) is 106 Å². The van der Waals surface area contributed by atoms with Crippen LogP contribution < -0.4 is 15.4 Å². The van der Waals surface area contributed by atoms with Gasteiger partial charge in [0.1, 0.15) is 5.82 Å². The van der Waals surface area contributed by atoms with Crippen molar-refractivity contribution in [3.05, 3.63) is 64.7 Å². The molecule has 0 aliphatic carbocycles. The minimum absolute atomic E-state index is 0.0234. The number of guanidine groups is 1. The number of anilines is 1. The molecule has 0 saturated heterocycles. The van der Waals surface area contributed by atoms with E-state index in [0.29, 0.717) is 6.54 Å².